The molecule has 1 aromatic rings. The lowest BCUT2D eigenvalue weighted by molar-refractivity contribution is -0.120. The van der Waals surface area contributed by atoms with E-state index < -0.39 is 0 Å². The molecule has 1 saturated carbocycles. The van der Waals surface area contributed by atoms with Gasteiger partial charge in [0.15, 0.2) is 0 Å². The van der Waals surface area contributed by atoms with Crippen molar-refractivity contribution in [3.63, 3.8) is 0 Å². The molecule has 2 N–H and O–H groups in total. The number of rotatable bonds is 8. The average molecular weight is 340 g/mol. The first-order valence-electron chi connectivity index (χ1n) is 6.68. The zero-order valence-electron chi connectivity index (χ0n) is 11.7. The number of hydrogen-bond acceptors (Lipinski definition) is 4. The number of nitrogens with one attached hydrogen (secondary N) is 2. The van der Waals surface area contributed by atoms with Crippen LogP contribution < -0.4 is 10.6 Å². The maximum atomic E-state index is 11.5. The summed E-state index contributed by atoms with van der Waals surface area (Å²) in [5.74, 6) is 0.905. The molecule has 1 amide bonds. The van der Waals surface area contributed by atoms with E-state index in [0.29, 0.717) is 13.1 Å². The van der Waals surface area contributed by atoms with Gasteiger partial charge in [-0.05, 0) is 31.7 Å². The lowest BCUT2D eigenvalue weighted by Gasteiger charge is -2.05. The van der Waals surface area contributed by atoms with Crippen LogP contribution in [0.1, 0.15) is 30.5 Å². The fraction of sp³-hybridized carbons (Fsp3) is 0.692. The smallest absolute Gasteiger partial charge is 0.233 e. The van der Waals surface area contributed by atoms with Crippen LogP contribution in [-0.2, 0) is 17.6 Å². The van der Waals surface area contributed by atoms with Crippen molar-refractivity contribution in [2.24, 2.45) is 5.92 Å². The Labute approximate surface area is 137 Å². The minimum atomic E-state index is 0. The summed E-state index contributed by atoms with van der Waals surface area (Å²) >= 11 is 1.70. The zero-order chi connectivity index (χ0) is 12.8. The molecule has 116 valence electrons. The Morgan fingerprint density at radius 2 is 2.20 bits per heavy atom. The fourth-order valence-corrected chi connectivity index (χ4v) is 2.51. The third-order valence-corrected chi connectivity index (χ3v) is 4.06. The summed E-state index contributed by atoms with van der Waals surface area (Å²) in [6.45, 7) is 4.21. The van der Waals surface area contributed by atoms with Gasteiger partial charge >= 0.3 is 0 Å². The average Bonchev–Trinajstić information content (AvgIpc) is 3.07. The molecule has 4 nitrogen and oxygen atoms in total. The lowest BCUT2D eigenvalue weighted by Crippen LogP contribution is -2.35. The van der Waals surface area contributed by atoms with Gasteiger partial charge in [0.2, 0.25) is 5.91 Å². The van der Waals surface area contributed by atoms with Crippen LogP contribution in [-0.4, -0.2) is 30.5 Å². The molecule has 1 fully saturated rings. The van der Waals surface area contributed by atoms with E-state index in [1.54, 1.807) is 11.3 Å². The number of nitrogens with zero attached hydrogens (tertiary/aromatic N) is 1. The molecule has 20 heavy (non-hydrogen) atoms. The number of carbonyl (C=O) groups is 1. The van der Waals surface area contributed by atoms with Gasteiger partial charge in [-0.3, -0.25) is 4.79 Å². The van der Waals surface area contributed by atoms with Crippen molar-refractivity contribution in [1.82, 2.24) is 15.6 Å². The van der Waals surface area contributed by atoms with Crippen LogP contribution in [0, 0.1) is 5.92 Å². The van der Waals surface area contributed by atoms with Crippen LogP contribution in [0.3, 0.4) is 0 Å². The van der Waals surface area contributed by atoms with Gasteiger partial charge in [-0.1, -0.05) is 6.92 Å². The van der Waals surface area contributed by atoms with Gasteiger partial charge in [0, 0.05) is 18.3 Å². The molecule has 0 unspecified atom stereocenters. The van der Waals surface area contributed by atoms with Crippen molar-refractivity contribution in [2.45, 2.75) is 32.6 Å². The van der Waals surface area contributed by atoms with E-state index in [4.69, 9.17) is 0 Å². The fourth-order valence-electron chi connectivity index (χ4n) is 1.73. The molecule has 0 radical (unpaired) electrons. The van der Waals surface area contributed by atoms with Gasteiger partial charge in [0.05, 0.1) is 17.2 Å². The van der Waals surface area contributed by atoms with E-state index in [1.165, 1.54) is 17.8 Å². The summed E-state index contributed by atoms with van der Waals surface area (Å²) in [5.41, 5.74) is 1.09. The predicted molar refractivity (Wildman–Crippen MR) is 88.3 cm³/mol. The predicted octanol–water partition coefficient (Wildman–Crippen LogP) is 2.21. The molecule has 7 heteroatoms. The van der Waals surface area contributed by atoms with Crippen molar-refractivity contribution in [2.75, 3.05) is 19.6 Å². The summed E-state index contributed by atoms with van der Waals surface area (Å²) in [7, 11) is 0. The Morgan fingerprint density at radius 3 is 2.80 bits per heavy atom. The molecule has 1 aliphatic rings. The highest BCUT2D eigenvalue weighted by molar-refractivity contribution is 7.09. The van der Waals surface area contributed by atoms with Crippen molar-refractivity contribution in [3.8, 4) is 0 Å². The molecule has 1 aromatic heterocycles. The van der Waals surface area contributed by atoms with Gasteiger partial charge in [-0.25, -0.2) is 4.98 Å². The van der Waals surface area contributed by atoms with Crippen LogP contribution in [0.5, 0.6) is 0 Å². The van der Waals surface area contributed by atoms with Gasteiger partial charge in [-0.2, -0.15) is 0 Å². The Hall–Kier alpha value is -0.360. The minimum Gasteiger partial charge on any atom is -0.355 e. The highest BCUT2D eigenvalue weighted by atomic mass is 35.5. The Kier molecular flexibility index (Phi) is 10.2. The number of aromatic nitrogens is 1. The van der Waals surface area contributed by atoms with Crippen LogP contribution in [0.25, 0.3) is 0 Å². The molecule has 0 aliphatic heterocycles. The van der Waals surface area contributed by atoms with Gasteiger partial charge < -0.3 is 10.6 Å². The van der Waals surface area contributed by atoms with Crippen LogP contribution >= 0.6 is 36.2 Å². The number of thiazole rings is 1. The van der Waals surface area contributed by atoms with Crippen molar-refractivity contribution < 1.29 is 4.79 Å². The minimum absolute atomic E-state index is 0. The summed E-state index contributed by atoms with van der Waals surface area (Å²) in [6, 6.07) is 0. The molecule has 0 aromatic carbocycles. The maximum Gasteiger partial charge on any atom is 0.233 e. The second kappa shape index (κ2) is 10.4. The van der Waals surface area contributed by atoms with Crippen LogP contribution in [0.2, 0.25) is 0 Å². The molecule has 2 rings (SSSR count). The monoisotopic (exact) mass is 339 g/mol. The van der Waals surface area contributed by atoms with Gasteiger partial charge in [-0.15, -0.1) is 36.2 Å². The highest BCUT2D eigenvalue weighted by Crippen LogP contribution is 2.27. The quantitative estimate of drug-likeness (QED) is 0.763. The number of halogens is 2. The third kappa shape index (κ3) is 7.43. The topological polar surface area (TPSA) is 54.0 Å². The van der Waals surface area contributed by atoms with E-state index >= 15 is 0 Å². The number of hydrogen-bond donors (Lipinski definition) is 2. The second-order valence-electron chi connectivity index (χ2n) is 4.76. The Morgan fingerprint density at radius 1 is 1.45 bits per heavy atom. The van der Waals surface area contributed by atoms with E-state index in [1.807, 2.05) is 0 Å². The normalized spacial score (nSPS) is 13.2. The Balaban J connectivity index is 0.00000180. The number of amides is 1. The lowest BCUT2D eigenvalue weighted by atomic mass is 10.3. The number of aryl methyl sites for hydroxylation is 1. The molecule has 1 aliphatic carbocycles. The molecule has 1 heterocycles. The van der Waals surface area contributed by atoms with E-state index in [0.717, 1.165) is 31.0 Å². The molecule has 0 bridgehead atoms. The summed E-state index contributed by atoms with van der Waals surface area (Å²) in [5, 5.41) is 9.35. The van der Waals surface area contributed by atoms with Gasteiger partial charge in [0.1, 0.15) is 0 Å². The molecular formula is C13H23Cl2N3OS. The molecule has 0 spiro atoms. The third-order valence-electron chi connectivity index (χ3n) is 3.02. The first kappa shape index (κ1) is 19.6. The first-order valence-corrected chi connectivity index (χ1v) is 7.56. The van der Waals surface area contributed by atoms with E-state index in [9.17, 15) is 4.79 Å². The summed E-state index contributed by atoms with van der Waals surface area (Å²) < 4.78 is 0. The number of carbonyl (C=O) groups excluding carboxylic acids is 1. The maximum absolute atomic E-state index is 11.5. The molecular weight excluding hydrogens is 317 g/mol. The molecule has 0 atom stereocenters. The van der Waals surface area contributed by atoms with Crippen LogP contribution in [0.4, 0.5) is 0 Å². The van der Waals surface area contributed by atoms with Crippen LogP contribution in [0.15, 0.2) is 5.38 Å². The molecule has 0 saturated heterocycles. The van der Waals surface area contributed by atoms with Crippen molar-refractivity contribution >= 4 is 42.1 Å². The van der Waals surface area contributed by atoms with Gasteiger partial charge in [0.25, 0.3) is 0 Å². The highest BCUT2D eigenvalue weighted by Gasteiger charge is 2.20. The summed E-state index contributed by atoms with van der Waals surface area (Å²) in [6.07, 6.45) is 4.45. The largest absolute Gasteiger partial charge is 0.355 e. The van der Waals surface area contributed by atoms with Crippen molar-refractivity contribution in [1.29, 1.82) is 0 Å². The van der Waals surface area contributed by atoms with Crippen molar-refractivity contribution in [3.05, 3.63) is 16.1 Å². The Bertz CT molecular complexity index is 397. The first-order chi connectivity index (χ1) is 8.78. The standard InChI is InChI=1S/C13H21N3OS.2ClH/c1-2-13-16-11(9-18-13)5-6-15-12(17)8-14-7-10-3-4-10;;/h9-10,14H,2-8H2,1H3,(H,15,17);2*1H. The second-order valence-corrected chi connectivity index (χ2v) is 5.70. The van der Waals surface area contributed by atoms with E-state index in [-0.39, 0.29) is 30.7 Å². The summed E-state index contributed by atoms with van der Waals surface area (Å²) in [4.78, 5) is 16.0. The van der Waals surface area contributed by atoms with E-state index in [2.05, 4.69) is 27.9 Å². The zero-order valence-corrected chi connectivity index (χ0v) is 14.1. The SMILES string of the molecule is CCc1nc(CCNC(=O)CNCC2CC2)cs1.Cl.Cl.